The van der Waals surface area contributed by atoms with Crippen molar-refractivity contribution in [3.05, 3.63) is 29.8 Å². The van der Waals surface area contributed by atoms with Gasteiger partial charge in [0.25, 0.3) is 5.91 Å². The molecule has 1 aliphatic rings. The summed E-state index contributed by atoms with van der Waals surface area (Å²) in [6, 6.07) is 6.20. The van der Waals surface area contributed by atoms with Crippen LogP contribution in [0.15, 0.2) is 24.3 Å². The smallest absolute Gasteiger partial charge is 0.326 e. The van der Waals surface area contributed by atoms with Crippen LogP contribution in [0.4, 0.5) is 4.79 Å². The maximum Gasteiger partial charge on any atom is 0.326 e. The van der Waals surface area contributed by atoms with Crippen LogP contribution in [0.1, 0.15) is 12.0 Å². The highest BCUT2D eigenvalue weighted by atomic mass is 16.2. The second-order valence-electron chi connectivity index (χ2n) is 5.72. The number of likely N-dealkylation sites (N-methyl/N-ethyl adjacent to an activating group) is 2. The predicted octanol–water partition coefficient (Wildman–Crippen LogP) is -0.235. The zero-order valence-corrected chi connectivity index (χ0v) is 13.8. The van der Waals surface area contributed by atoms with Crippen molar-refractivity contribution in [2.24, 2.45) is 0 Å². The number of hydrogen-bond acceptors (Lipinski definition) is 6. The molecule has 0 radical (unpaired) electrons. The molecule has 10 heteroatoms. The summed E-state index contributed by atoms with van der Waals surface area (Å²) in [5, 5.41) is 16.5. The van der Waals surface area contributed by atoms with Crippen LogP contribution in [0, 0.1) is 0 Å². The van der Waals surface area contributed by atoms with Crippen molar-refractivity contribution in [1.82, 2.24) is 35.7 Å². The van der Waals surface area contributed by atoms with Crippen LogP contribution in [-0.4, -0.2) is 68.4 Å². The first kappa shape index (κ1) is 16.6. The fraction of sp³-hybridized carbons (Fsp3) is 0.333. The van der Waals surface area contributed by atoms with E-state index >= 15 is 0 Å². The van der Waals surface area contributed by atoms with Gasteiger partial charge < -0.3 is 10.2 Å². The average molecular weight is 343 g/mol. The van der Waals surface area contributed by atoms with Gasteiger partial charge in [-0.2, -0.15) is 5.21 Å². The molecule has 0 saturated carbocycles. The van der Waals surface area contributed by atoms with Gasteiger partial charge in [0.1, 0.15) is 6.04 Å². The minimum absolute atomic E-state index is 0.0735. The van der Waals surface area contributed by atoms with Crippen molar-refractivity contribution in [1.29, 1.82) is 0 Å². The molecule has 1 aromatic heterocycles. The molecule has 0 unspecified atom stereocenters. The molecular formula is C15H17N7O3. The Bertz CT molecular complexity index is 805. The van der Waals surface area contributed by atoms with Crippen molar-refractivity contribution in [2.75, 3.05) is 14.1 Å². The quantitative estimate of drug-likeness (QED) is 0.722. The number of tetrazole rings is 1. The summed E-state index contributed by atoms with van der Waals surface area (Å²) < 4.78 is 0. The summed E-state index contributed by atoms with van der Waals surface area (Å²) in [6.45, 7) is 0.291. The molecule has 0 bridgehead atoms. The Hall–Kier alpha value is -3.30. The molecule has 1 aromatic carbocycles. The summed E-state index contributed by atoms with van der Waals surface area (Å²) >= 11 is 0. The maximum atomic E-state index is 12.1. The molecule has 1 atom stereocenters. The maximum absolute atomic E-state index is 12.1. The largest absolute Gasteiger partial charge is 0.352 e. The van der Waals surface area contributed by atoms with Crippen LogP contribution in [0.2, 0.25) is 0 Å². The molecule has 4 amide bonds. The van der Waals surface area contributed by atoms with E-state index in [0.717, 1.165) is 16.0 Å². The van der Waals surface area contributed by atoms with Gasteiger partial charge in [-0.3, -0.25) is 14.5 Å². The zero-order chi connectivity index (χ0) is 18.0. The van der Waals surface area contributed by atoms with Crippen LogP contribution in [0.3, 0.4) is 0 Å². The molecule has 10 nitrogen and oxygen atoms in total. The van der Waals surface area contributed by atoms with Gasteiger partial charge in [0.2, 0.25) is 11.7 Å². The Morgan fingerprint density at radius 1 is 1.32 bits per heavy atom. The summed E-state index contributed by atoms with van der Waals surface area (Å²) in [5.74, 6) is -0.215. The molecule has 0 aliphatic carbocycles. The minimum atomic E-state index is -0.761. The first-order valence-corrected chi connectivity index (χ1v) is 7.61. The molecule has 1 aliphatic heterocycles. The van der Waals surface area contributed by atoms with Gasteiger partial charge in [-0.15, -0.1) is 10.2 Å². The van der Waals surface area contributed by atoms with Gasteiger partial charge in [0.15, 0.2) is 0 Å². The van der Waals surface area contributed by atoms with Crippen LogP contribution in [0.25, 0.3) is 11.4 Å². The van der Waals surface area contributed by atoms with E-state index in [1.807, 2.05) is 24.3 Å². The summed E-state index contributed by atoms with van der Waals surface area (Å²) in [7, 11) is 2.92. The number of benzene rings is 1. The first-order valence-electron chi connectivity index (χ1n) is 7.61. The molecule has 2 aromatic rings. The lowest BCUT2D eigenvalue weighted by atomic mass is 10.1. The number of H-pyrrole nitrogens is 1. The van der Waals surface area contributed by atoms with Crippen molar-refractivity contribution >= 4 is 17.8 Å². The second kappa shape index (κ2) is 6.67. The Labute approximate surface area is 143 Å². The standard InChI is InChI=1S/C15H17N7O3/c1-21-11(14(24)22(2)15(21)25)7-12(23)16-8-9-4-3-5-10(6-9)13-17-19-20-18-13/h3-6,11H,7-8H2,1-2H3,(H,16,23)(H,17,18,19,20)/t11-/m1/s1. The number of carbonyl (C=O) groups excluding carboxylic acids is 3. The highest BCUT2D eigenvalue weighted by Crippen LogP contribution is 2.17. The number of aromatic amines is 1. The van der Waals surface area contributed by atoms with Gasteiger partial charge in [-0.05, 0) is 16.8 Å². The minimum Gasteiger partial charge on any atom is -0.352 e. The Balaban J connectivity index is 1.59. The van der Waals surface area contributed by atoms with Gasteiger partial charge >= 0.3 is 6.03 Å². The number of carbonyl (C=O) groups is 3. The number of nitrogens with one attached hydrogen (secondary N) is 2. The Kier molecular flexibility index (Phi) is 4.42. The monoisotopic (exact) mass is 343 g/mol. The third-order valence-electron chi connectivity index (χ3n) is 4.07. The van der Waals surface area contributed by atoms with Crippen LogP contribution in [-0.2, 0) is 16.1 Å². The zero-order valence-electron chi connectivity index (χ0n) is 13.8. The third-order valence-corrected chi connectivity index (χ3v) is 4.07. The predicted molar refractivity (Wildman–Crippen MR) is 85.8 cm³/mol. The summed E-state index contributed by atoms with van der Waals surface area (Å²) in [5.41, 5.74) is 1.63. The van der Waals surface area contributed by atoms with Crippen molar-refractivity contribution in [3.8, 4) is 11.4 Å². The molecular weight excluding hydrogens is 326 g/mol. The molecule has 1 fully saturated rings. The van der Waals surface area contributed by atoms with E-state index in [2.05, 4.69) is 25.9 Å². The Morgan fingerprint density at radius 2 is 2.12 bits per heavy atom. The topological polar surface area (TPSA) is 124 Å². The highest BCUT2D eigenvalue weighted by Gasteiger charge is 2.41. The third kappa shape index (κ3) is 3.32. The number of aromatic nitrogens is 4. The number of amides is 4. The van der Waals surface area contributed by atoms with Crippen LogP contribution < -0.4 is 5.32 Å². The lowest BCUT2D eigenvalue weighted by Gasteiger charge is -2.15. The van der Waals surface area contributed by atoms with E-state index in [1.54, 1.807) is 0 Å². The van der Waals surface area contributed by atoms with Crippen LogP contribution in [0.5, 0.6) is 0 Å². The van der Waals surface area contributed by atoms with E-state index in [-0.39, 0.29) is 18.2 Å². The lowest BCUT2D eigenvalue weighted by Crippen LogP contribution is -2.37. The van der Waals surface area contributed by atoms with Gasteiger partial charge in [0.05, 0.1) is 6.42 Å². The van der Waals surface area contributed by atoms with Gasteiger partial charge in [-0.1, -0.05) is 18.2 Å². The fourth-order valence-corrected chi connectivity index (χ4v) is 2.63. The number of hydrogen-bond donors (Lipinski definition) is 2. The SMILES string of the molecule is CN1C(=O)[C@@H](CC(=O)NCc2cccc(-c3nn[nH]n3)c2)N(C)C1=O. The van der Waals surface area contributed by atoms with Gasteiger partial charge in [0, 0.05) is 26.2 Å². The average Bonchev–Trinajstić information content (AvgIpc) is 3.22. The van der Waals surface area contributed by atoms with Crippen LogP contribution >= 0.6 is 0 Å². The molecule has 0 spiro atoms. The van der Waals surface area contributed by atoms with Gasteiger partial charge in [-0.25, -0.2) is 4.79 Å². The van der Waals surface area contributed by atoms with Crippen molar-refractivity contribution in [2.45, 2.75) is 19.0 Å². The Morgan fingerprint density at radius 3 is 2.76 bits per heavy atom. The molecule has 2 heterocycles. The van der Waals surface area contributed by atoms with Crippen molar-refractivity contribution < 1.29 is 14.4 Å². The summed E-state index contributed by atoms with van der Waals surface area (Å²) in [6.07, 6.45) is -0.0735. The van der Waals surface area contributed by atoms with E-state index in [1.165, 1.54) is 19.0 Å². The lowest BCUT2D eigenvalue weighted by molar-refractivity contribution is -0.131. The summed E-state index contributed by atoms with van der Waals surface area (Å²) in [4.78, 5) is 38.1. The molecule has 1 saturated heterocycles. The number of urea groups is 1. The highest BCUT2D eigenvalue weighted by molar-refractivity contribution is 6.05. The van der Waals surface area contributed by atoms with E-state index in [4.69, 9.17) is 0 Å². The molecule has 2 N–H and O–H groups in total. The van der Waals surface area contributed by atoms with E-state index in [9.17, 15) is 14.4 Å². The normalized spacial score (nSPS) is 17.3. The van der Waals surface area contributed by atoms with E-state index < -0.39 is 12.1 Å². The first-order chi connectivity index (χ1) is 12.0. The number of imide groups is 1. The molecule has 3 rings (SSSR count). The molecule has 25 heavy (non-hydrogen) atoms. The molecule has 130 valence electrons. The van der Waals surface area contributed by atoms with E-state index in [0.29, 0.717) is 12.4 Å². The fourth-order valence-electron chi connectivity index (χ4n) is 2.63. The van der Waals surface area contributed by atoms with Crippen molar-refractivity contribution in [3.63, 3.8) is 0 Å². The number of nitrogens with zero attached hydrogens (tertiary/aromatic N) is 5. The number of rotatable bonds is 5. The second-order valence-corrected chi connectivity index (χ2v) is 5.72.